The predicted molar refractivity (Wildman–Crippen MR) is 63.1 cm³/mol. The molecule has 0 aliphatic heterocycles. The van der Waals surface area contributed by atoms with Crippen molar-refractivity contribution in [1.29, 1.82) is 0 Å². The third kappa shape index (κ3) is 3.83. The van der Waals surface area contributed by atoms with Crippen molar-refractivity contribution in [2.24, 2.45) is 5.73 Å². The summed E-state index contributed by atoms with van der Waals surface area (Å²) in [5, 5.41) is 9.59. The summed E-state index contributed by atoms with van der Waals surface area (Å²) in [5.41, 5.74) is 5.81. The Labute approximate surface area is 104 Å². The largest absolute Gasteiger partial charge is 0.423 e. The quantitative estimate of drug-likeness (QED) is 0.600. The molecule has 1 rings (SSSR count). The lowest BCUT2D eigenvalue weighted by Crippen LogP contribution is -2.13. The van der Waals surface area contributed by atoms with Crippen LogP contribution in [0, 0.1) is 0 Å². The summed E-state index contributed by atoms with van der Waals surface area (Å²) >= 11 is 0. The van der Waals surface area contributed by atoms with Gasteiger partial charge in [0.05, 0.1) is 6.10 Å². The number of benzene rings is 1. The van der Waals surface area contributed by atoms with Crippen LogP contribution >= 0.6 is 0 Å². The van der Waals surface area contributed by atoms with Crippen LogP contribution in [0.2, 0.25) is 0 Å². The fourth-order valence-corrected chi connectivity index (χ4v) is 1.34. The molecule has 1 aromatic rings. The SMILES string of the molecule is CC(=O)Oc1ccc(C(O)CN)cc1OC(C)=O. The Balaban J connectivity index is 3.11. The minimum Gasteiger partial charge on any atom is -0.423 e. The van der Waals surface area contributed by atoms with Crippen LogP contribution < -0.4 is 15.2 Å². The van der Waals surface area contributed by atoms with E-state index in [9.17, 15) is 14.7 Å². The van der Waals surface area contributed by atoms with Crippen molar-refractivity contribution in [2.45, 2.75) is 20.0 Å². The van der Waals surface area contributed by atoms with Crippen LogP contribution in [-0.4, -0.2) is 23.6 Å². The van der Waals surface area contributed by atoms with Crippen LogP contribution in [0.1, 0.15) is 25.5 Å². The maximum Gasteiger partial charge on any atom is 0.308 e. The number of aliphatic hydroxyl groups is 1. The first-order valence-electron chi connectivity index (χ1n) is 5.33. The molecule has 6 nitrogen and oxygen atoms in total. The first-order valence-corrected chi connectivity index (χ1v) is 5.33. The van der Waals surface area contributed by atoms with Crippen molar-refractivity contribution in [3.63, 3.8) is 0 Å². The standard InChI is InChI=1S/C12H15NO5/c1-7(14)17-11-4-3-9(10(16)6-13)5-12(11)18-8(2)15/h3-5,10,16H,6,13H2,1-2H3. The molecule has 0 spiro atoms. The first-order chi connectivity index (χ1) is 8.43. The maximum atomic E-state index is 11.0. The minimum atomic E-state index is -0.870. The molecule has 1 aromatic carbocycles. The molecular formula is C12H15NO5. The smallest absolute Gasteiger partial charge is 0.308 e. The third-order valence-corrected chi connectivity index (χ3v) is 2.08. The Morgan fingerprint density at radius 1 is 1.22 bits per heavy atom. The Hall–Kier alpha value is -1.92. The van der Waals surface area contributed by atoms with Gasteiger partial charge < -0.3 is 20.3 Å². The third-order valence-electron chi connectivity index (χ3n) is 2.08. The lowest BCUT2D eigenvalue weighted by atomic mass is 10.1. The van der Waals surface area contributed by atoms with Gasteiger partial charge in [0.25, 0.3) is 0 Å². The molecule has 0 fully saturated rings. The molecule has 18 heavy (non-hydrogen) atoms. The minimum absolute atomic E-state index is 0.0342. The van der Waals surface area contributed by atoms with Crippen molar-refractivity contribution in [2.75, 3.05) is 6.54 Å². The van der Waals surface area contributed by atoms with E-state index in [0.29, 0.717) is 5.56 Å². The summed E-state index contributed by atoms with van der Waals surface area (Å²) < 4.78 is 9.80. The molecular weight excluding hydrogens is 238 g/mol. The Bertz CT molecular complexity index is 458. The Morgan fingerprint density at radius 3 is 2.28 bits per heavy atom. The number of carbonyl (C=O) groups is 2. The molecule has 0 saturated heterocycles. The van der Waals surface area contributed by atoms with Crippen LogP contribution in [0.4, 0.5) is 0 Å². The molecule has 3 N–H and O–H groups in total. The van der Waals surface area contributed by atoms with Gasteiger partial charge >= 0.3 is 11.9 Å². The second kappa shape index (κ2) is 6.13. The van der Waals surface area contributed by atoms with Gasteiger partial charge in [-0.1, -0.05) is 6.07 Å². The molecule has 6 heteroatoms. The normalized spacial score (nSPS) is 11.8. The highest BCUT2D eigenvalue weighted by atomic mass is 16.6. The van der Waals surface area contributed by atoms with Crippen molar-refractivity contribution in [3.05, 3.63) is 23.8 Å². The van der Waals surface area contributed by atoms with Gasteiger partial charge in [0.15, 0.2) is 11.5 Å². The highest BCUT2D eigenvalue weighted by molar-refractivity contribution is 5.73. The zero-order valence-electron chi connectivity index (χ0n) is 10.2. The zero-order valence-corrected chi connectivity index (χ0v) is 10.2. The number of aliphatic hydroxyl groups excluding tert-OH is 1. The molecule has 0 aromatic heterocycles. The van der Waals surface area contributed by atoms with Crippen LogP contribution in [0.5, 0.6) is 11.5 Å². The molecule has 0 heterocycles. The molecule has 0 bridgehead atoms. The average Bonchev–Trinajstić information content (AvgIpc) is 2.29. The monoisotopic (exact) mass is 253 g/mol. The predicted octanol–water partition coefficient (Wildman–Crippen LogP) is 0.529. The van der Waals surface area contributed by atoms with Gasteiger partial charge in [-0.2, -0.15) is 0 Å². The second-order valence-corrected chi connectivity index (χ2v) is 3.64. The number of ether oxygens (including phenoxy) is 2. The number of nitrogens with two attached hydrogens (primary N) is 1. The van der Waals surface area contributed by atoms with Crippen LogP contribution in [-0.2, 0) is 9.59 Å². The van der Waals surface area contributed by atoms with Crippen molar-refractivity contribution >= 4 is 11.9 Å². The van der Waals surface area contributed by atoms with Gasteiger partial charge in [-0.05, 0) is 17.7 Å². The van der Waals surface area contributed by atoms with Gasteiger partial charge in [0.1, 0.15) is 0 Å². The molecule has 0 saturated carbocycles. The average molecular weight is 253 g/mol. The number of carbonyl (C=O) groups excluding carboxylic acids is 2. The van der Waals surface area contributed by atoms with E-state index in [1.807, 2.05) is 0 Å². The van der Waals surface area contributed by atoms with Crippen molar-refractivity contribution in [3.8, 4) is 11.5 Å². The molecule has 98 valence electrons. The van der Waals surface area contributed by atoms with Crippen LogP contribution in [0.3, 0.4) is 0 Å². The molecule has 1 atom stereocenters. The highest BCUT2D eigenvalue weighted by Crippen LogP contribution is 2.30. The molecule has 0 aliphatic rings. The Kier molecular flexibility index (Phi) is 4.82. The van der Waals surface area contributed by atoms with Crippen molar-refractivity contribution < 1.29 is 24.2 Å². The van der Waals surface area contributed by atoms with E-state index in [2.05, 4.69) is 0 Å². The fraction of sp³-hybridized carbons (Fsp3) is 0.333. The second-order valence-electron chi connectivity index (χ2n) is 3.64. The van der Waals surface area contributed by atoms with E-state index in [1.54, 1.807) is 6.07 Å². The van der Waals surface area contributed by atoms with Gasteiger partial charge in [-0.3, -0.25) is 9.59 Å². The first kappa shape index (κ1) is 14.1. The zero-order chi connectivity index (χ0) is 13.7. The summed E-state index contributed by atoms with van der Waals surface area (Å²) in [6.07, 6.45) is -0.870. The van der Waals surface area contributed by atoms with E-state index >= 15 is 0 Å². The summed E-state index contributed by atoms with van der Waals surface area (Å²) in [4.78, 5) is 21.8. The summed E-state index contributed by atoms with van der Waals surface area (Å²) in [6.45, 7) is 2.50. The van der Waals surface area contributed by atoms with Crippen LogP contribution in [0.15, 0.2) is 18.2 Å². The number of hydrogen-bond donors (Lipinski definition) is 2. The molecule has 0 radical (unpaired) electrons. The lowest BCUT2D eigenvalue weighted by Gasteiger charge is -2.13. The van der Waals surface area contributed by atoms with E-state index < -0.39 is 18.0 Å². The van der Waals surface area contributed by atoms with Crippen molar-refractivity contribution in [1.82, 2.24) is 0 Å². The van der Waals surface area contributed by atoms with Gasteiger partial charge in [-0.15, -0.1) is 0 Å². The van der Waals surface area contributed by atoms with Gasteiger partial charge in [0, 0.05) is 20.4 Å². The fourth-order valence-electron chi connectivity index (χ4n) is 1.34. The summed E-state index contributed by atoms with van der Waals surface area (Å²) in [6, 6.07) is 4.40. The Morgan fingerprint density at radius 2 is 1.78 bits per heavy atom. The number of esters is 2. The molecule has 1 unspecified atom stereocenters. The van der Waals surface area contributed by atoms with E-state index in [-0.39, 0.29) is 18.0 Å². The van der Waals surface area contributed by atoms with Crippen LogP contribution in [0.25, 0.3) is 0 Å². The molecule has 0 amide bonds. The van der Waals surface area contributed by atoms with Gasteiger partial charge in [0.2, 0.25) is 0 Å². The molecule has 0 aliphatic carbocycles. The topological polar surface area (TPSA) is 98.8 Å². The number of rotatable bonds is 4. The van der Waals surface area contributed by atoms with E-state index in [1.165, 1.54) is 26.0 Å². The maximum absolute atomic E-state index is 11.0. The highest BCUT2D eigenvalue weighted by Gasteiger charge is 2.14. The van der Waals surface area contributed by atoms with E-state index in [4.69, 9.17) is 15.2 Å². The van der Waals surface area contributed by atoms with E-state index in [0.717, 1.165) is 0 Å². The lowest BCUT2D eigenvalue weighted by molar-refractivity contribution is -0.134. The summed E-state index contributed by atoms with van der Waals surface area (Å²) in [7, 11) is 0. The summed E-state index contributed by atoms with van der Waals surface area (Å²) in [5.74, 6) is -0.897. The number of hydrogen-bond acceptors (Lipinski definition) is 6. The van der Waals surface area contributed by atoms with Gasteiger partial charge in [-0.25, -0.2) is 0 Å².